The highest BCUT2D eigenvalue weighted by molar-refractivity contribution is 7.16. The number of rotatable bonds is 6. The van der Waals surface area contributed by atoms with E-state index in [1.807, 2.05) is 0 Å². The van der Waals surface area contributed by atoms with Crippen LogP contribution in [0.15, 0.2) is 47.5 Å². The first-order chi connectivity index (χ1) is 15.1. The van der Waals surface area contributed by atoms with E-state index in [0.29, 0.717) is 33.3 Å². The minimum atomic E-state index is -0.320. The molecule has 160 valence electrons. The van der Waals surface area contributed by atoms with Crippen molar-refractivity contribution in [1.82, 2.24) is 0 Å². The fourth-order valence-electron chi connectivity index (χ4n) is 3.68. The molecule has 1 aliphatic carbocycles. The zero-order valence-electron chi connectivity index (χ0n) is 17.4. The van der Waals surface area contributed by atoms with E-state index in [2.05, 4.69) is 10.3 Å². The van der Waals surface area contributed by atoms with Gasteiger partial charge in [0.15, 0.2) is 0 Å². The smallest absolute Gasteiger partial charge is 0.259 e. The number of methoxy groups -OCH3 is 2. The Morgan fingerprint density at radius 2 is 1.97 bits per heavy atom. The highest BCUT2D eigenvalue weighted by Gasteiger charge is 2.26. The van der Waals surface area contributed by atoms with Crippen LogP contribution in [-0.2, 0) is 12.8 Å². The van der Waals surface area contributed by atoms with Gasteiger partial charge in [-0.3, -0.25) is 4.79 Å². The number of benzene rings is 2. The van der Waals surface area contributed by atoms with Crippen LogP contribution in [0.4, 0.5) is 15.1 Å². The van der Waals surface area contributed by atoms with Gasteiger partial charge in [-0.15, -0.1) is 11.3 Å². The topological polar surface area (TPSA) is 59.9 Å². The van der Waals surface area contributed by atoms with E-state index in [4.69, 9.17) is 9.47 Å². The van der Waals surface area contributed by atoms with Crippen LogP contribution in [0.25, 0.3) is 0 Å². The number of ether oxygens (including phenoxy) is 2. The van der Waals surface area contributed by atoms with Crippen molar-refractivity contribution in [2.45, 2.75) is 25.7 Å². The average Bonchev–Trinajstić information content (AvgIpc) is 3.16. The van der Waals surface area contributed by atoms with E-state index < -0.39 is 0 Å². The number of hydrogen-bond donors (Lipinski definition) is 1. The summed E-state index contributed by atoms with van der Waals surface area (Å²) in [5, 5.41) is 3.61. The Labute approximate surface area is 184 Å². The van der Waals surface area contributed by atoms with Gasteiger partial charge in [-0.1, -0.05) is 12.1 Å². The van der Waals surface area contributed by atoms with Crippen LogP contribution in [0.2, 0.25) is 0 Å². The van der Waals surface area contributed by atoms with Crippen molar-refractivity contribution in [3.8, 4) is 11.5 Å². The predicted molar refractivity (Wildman–Crippen MR) is 122 cm³/mol. The quantitative estimate of drug-likeness (QED) is 0.496. The zero-order valence-corrected chi connectivity index (χ0v) is 18.2. The lowest BCUT2D eigenvalue weighted by atomic mass is 9.95. The number of anilines is 1. The second-order valence-electron chi connectivity index (χ2n) is 7.22. The van der Waals surface area contributed by atoms with Crippen molar-refractivity contribution in [1.29, 1.82) is 0 Å². The number of hydrogen-bond acceptors (Lipinski definition) is 5. The lowest BCUT2D eigenvalue weighted by Crippen LogP contribution is -2.15. The molecule has 0 spiro atoms. The van der Waals surface area contributed by atoms with Crippen molar-refractivity contribution >= 4 is 34.1 Å². The maximum atomic E-state index is 13.5. The van der Waals surface area contributed by atoms with Gasteiger partial charge in [-0.05, 0) is 61.1 Å². The van der Waals surface area contributed by atoms with Crippen molar-refractivity contribution in [2.24, 2.45) is 4.99 Å². The number of aryl methyl sites for hydroxylation is 1. The molecule has 0 unspecified atom stereocenters. The van der Waals surface area contributed by atoms with E-state index in [1.165, 1.54) is 28.3 Å². The second kappa shape index (κ2) is 9.31. The first kappa shape index (κ1) is 21.1. The second-order valence-corrected chi connectivity index (χ2v) is 8.31. The van der Waals surface area contributed by atoms with Crippen molar-refractivity contribution in [3.05, 3.63) is 69.8 Å². The maximum absolute atomic E-state index is 13.5. The lowest BCUT2D eigenvalue weighted by molar-refractivity contribution is 0.102. The summed E-state index contributed by atoms with van der Waals surface area (Å²) in [5.74, 6) is 0.609. The Morgan fingerprint density at radius 3 is 2.74 bits per heavy atom. The molecule has 0 atom stereocenters. The van der Waals surface area contributed by atoms with Gasteiger partial charge in [0, 0.05) is 17.2 Å². The molecule has 4 rings (SSSR count). The number of amides is 1. The third-order valence-corrected chi connectivity index (χ3v) is 6.42. The normalized spacial score (nSPS) is 13.1. The van der Waals surface area contributed by atoms with Gasteiger partial charge in [0.05, 0.1) is 25.5 Å². The van der Waals surface area contributed by atoms with E-state index in [1.54, 1.807) is 50.8 Å². The molecule has 2 aromatic carbocycles. The number of carbonyl (C=O) groups is 1. The monoisotopic (exact) mass is 438 g/mol. The molecule has 5 nitrogen and oxygen atoms in total. The van der Waals surface area contributed by atoms with Crippen molar-refractivity contribution < 1.29 is 18.7 Å². The molecule has 1 aromatic heterocycles. The summed E-state index contributed by atoms with van der Waals surface area (Å²) in [7, 11) is 3.12. The van der Waals surface area contributed by atoms with Gasteiger partial charge in [0.1, 0.15) is 22.3 Å². The van der Waals surface area contributed by atoms with E-state index in [9.17, 15) is 9.18 Å². The van der Waals surface area contributed by atoms with Gasteiger partial charge >= 0.3 is 0 Å². The van der Waals surface area contributed by atoms with Gasteiger partial charge in [-0.25, -0.2) is 9.38 Å². The SMILES string of the molecule is COc1ccc(NC(=O)c2c(N=Cc3cccc(F)c3)sc3c2CCCC3)c(OC)c1. The van der Waals surface area contributed by atoms with Crippen molar-refractivity contribution in [2.75, 3.05) is 19.5 Å². The molecule has 7 heteroatoms. The fourth-order valence-corrected chi connectivity index (χ4v) is 4.91. The summed E-state index contributed by atoms with van der Waals surface area (Å²) < 4.78 is 24.1. The molecule has 1 heterocycles. The van der Waals surface area contributed by atoms with E-state index >= 15 is 0 Å². The molecule has 31 heavy (non-hydrogen) atoms. The molecule has 0 saturated heterocycles. The third-order valence-electron chi connectivity index (χ3n) is 5.22. The minimum Gasteiger partial charge on any atom is -0.497 e. The van der Waals surface area contributed by atoms with Crippen LogP contribution in [0, 0.1) is 5.82 Å². The Morgan fingerprint density at radius 1 is 1.13 bits per heavy atom. The molecule has 1 amide bonds. The number of fused-ring (bicyclic) bond motifs is 1. The third kappa shape index (κ3) is 4.61. The molecule has 3 aromatic rings. The summed E-state index contributed by atoms with van der Waals surface area (Å²) in [4.78, 5) is 19.1. The number of thiophene rings is 1. The number of aliphatic imine (C=N–C) groups is 1. The maximum Gasteiger partial charge on any atom is 0.259 e. The van der Waals surface area contributed by atoms with Crippen LogP contribution >= 0.6 is 11.3 Å². The number of nitrogens with zero attached hydrogens (tertiary/aromatic N) is 1. The average molecular weight is 439 g/mol. The largest absolute Gasteiger partial charge is 0.497 e. The molecule has 0 radical (unpaired) electrons. The molecule has 0 saturated carbocycles. The summed E-state index contributed by atoms with van der Waals surface area (Å²) >= 11 is 1.54. The summed E-state index contributed by atoms with van der Waals surface area (Å²) in [6.45, 7) is 0. The standard InChI is InChI=1S/C24H23FN2O3S/c1-29-17-10-11-19(20(13-17)30-2)27-23(28)22-18-8-3-4-9-21(18)31-24(22)26-14-15-6-5-7-16(25)12-15/h5-7,10-14H,3-4,8-9H2,1-2H3,(H,27,28). The predicted octanol–water partition coefficient (Wildman–Crippen LogP) is 5.79. The van der Waals surface area contributed by atoms with E-state index in [0.717, 1.165) is 31.2 Å². The summed E-state index contributed by atoms with van der Waals surface area (Å²) in [6.07, 6.45) is 5.55. The Hall–Kier alpha value is -3.19. The van der Waals surface area contributed by atoms with Gasteiger partial charge < -0.3 is 14.8 Å². The first-order valence-corrected chi connectivity index (χ1v) is 10.9. The summed E-state index contributed by atoms with van der Waals surface area (Å²) in [5.41, 5.74) is 2.86. The number of carbonyl (C=O) groups excluding carboxylic acids is 1. The minimum absolute atomic E-state index is 0.228. The molecule has 0 bridgehead atoms. The Balaban J connectivity index is 1.68. The number of nitrogens with one attached hydrogen (secondary N) is 1. The molecule has 1 N–H and O–H groups in total. The van der Waals surface area contributed by atoms with E-state index in [-0.39, 0.29) is 11.7 Å². The van der Waals surface area contributed by atoms with Crippen LogP contribution in [0.3, 0.4) is 0 Å². The Kier molecular flexibility index (Phi) is 6.32. The molecule has 1 aliphatic rings. The van der Waals surface area contributed by atoms with Crippen LogP contribution in [0.1, 0.15) is 39.2 Å². The lowest BCUT2D eigenvalue weighted by Gasteiger charge is -2.14. The summed E-state index contributed by atoms with van der Waals surface area (Å²) in [6, 6.07) is 11.5. The van der Waals surface area contributed by atoms with Gasteiger partial charge in [0.25, 0.3) is 5.91 Å². The first-order valence-electron chi connectivity index (χ1n) is 10.1. The van der Waals surface area contributed by atoms with Crippen LogP contribution < -0.4 is 14.8 Å². The molecular weight excluding hydrogens is 415 g/mol. The highest BCUT2D eigenvalue weighted by Crippen LogP contribution is 2.40. The number of halogens is 1. The van der Waals surface area contributed by atoms with Crippen LogP contribution in [0.5, 0.6) is 11.5 Å². The zero-order chi connectivity index (χ0) is 21.8. The van der Waals surface area contributed by atoms with Gasteiger partial charge in [-0.2, -0.15) is 0 Å². The fraction of sp³-hybridized carbons (Fsp3) is 0.250. The van der Waals surface area contributed by atoms with Crippen molar-refractivity contribution in [3.63, 3.8) is 0 Å². The molecule has 0 fully saturated rings. The highest BCUT2D eigenvalue weighted by atomic mass is 32.1. The molecular formula is C24H23FN2O3S. The van der Waals surface area contributed by atoms with Gasteiger partial charge in [0.2, 0.25) is 0 Å². The van der Waals surface area contributed by atoms with Crippen LogP contribution in [-0.4, -0.2) is 26.3 Å². The Bertz CT molecular complexity index is 1140. The molecule has 0 aliphatic heterocycles.